The van der Waals surface area contributed by atoms with Crippen molar-refractivity contribution in [3.63, 3.8) is 0 Å². The highest BCUT2D eigenvalue weighted by Crippen LogP contribution is 2.36. The number of carbonyl (C=O) groups is 1. The van der Waals surface area contributed by atoms with Crippen molar-refractivity contribution in [2.45, 2.75) is 18.9 Å². The zero-order valence-electron chi connectivity index (χ0n) is 16.8. The molecule has 2 aliphatic rings. The predicted molar refractivity (Wildman–Crippen MR) is 108 cm³/mol. The first kappa shape index (κ1) is 19.4. The van der Waals surface area contributed by atoms with Gasteiger partial charge in [-0.2, -0.15) is 0 Å². The van der Waals surface area contributed by atoms with Crippen molar-refractivity contribution in [1.82, 2.24) is 10.2 Å². The Morgan fingerprint density at radius 2 is 1.79 bits per heavy atom. The number of amides is 1. The van der Waals surface area contributed by atoms with Gasteiger partial charge in [-0.1, -0.05) is 6.07 Å². The smallest absolute Gasteiger partial charge is 0.251 e. The van der Waals surface area contributed by atoms with Crippen LogP contribution in [-0.4, -0.2) is 51.5 Å². The Labute approximate surface area is 170 Å². The largest absolute Gasteiger partial charge is 0.493 e. The number of ether oxygens (including phenoxy) is 4. The van der Waals surface area contributed by atoms with E-state index in [2.05, 4.69) is 16.3 Å². The van der Waals surface area contributed by atoms with Crippen molar-refractivity contribution >= 4 is 5.91 Å². The van der Waals surface area contributed by atoms with Crippen molar-refractivity contribution in [1.29, 1.82) is 0 Å². The summed E-state index contributed by atoms with van der Waals surface area (Å²) in [5.74, 6) is 2.52. The van der Waals surface area contributed by atoms with Gasteiger partial charge in [-0.25, -0.2) is 0 Å². The van der Waals surface area contributed by atoms with E-state index in [-0.39, 0.29) is 18.7 Å². The molecule has 2 aromatic carbocycles. The number of hydrogen-bond acceptors (Lipinski definition) is 6. The van der Waals surface area contributed by atoms with Crippen LogP contribution in [0, 0.1) is 0 Å². The molecule has 1 atom stereocenters. The van der Waals surface area contributed by atoms with Crippen molar-refractivity contribution in [3.8, 4) is 23.0 Å². The number of carbonyl (C=O) groups excluding carboxylic acids is 1. The molecule has 154 valence electrons. The lowest BCUT2D eigenvalue weighted by Gasteiger charge is -2.28. The van der Waals surface area contributed by atoms with E-state index in [9.17, 15) is 4.79 Å². The van der Waals surface area contributed by atoms with Crippen LogP contribution in [0.5, 0.6) is 23.0 Å². The maximum absolute atomic E-state index is 12.8. The van der Waals surface area contributed by atoms with E-state index in [0.717, 1.165) is 30.2 Å². The molecule has 1 amide bonds. The molecule has 1 N–H and O–H groups in total. The summed E-state index contributed by atoms with van der Waals surface area (Å²) in [6.45, 7) is 2.80. The van der Waals surface area contributed by atoms with Crippen LogP contribution < -0.4 is 24.3 Å². The standard InChI is InChI=1S/C22H26N2O5/c1-26-18-7-6-16(12-20(18)27-2)22(25)23-13-17(24-9-3-4-10-24)15-5-8-19-21(11-15)29-14-28-19/h5-8,11-12,17H,3-4,9-10,13-14H2,1-2H3,(H,23,25). The second kappa shape index (κ2) is 8.61. The third-order valence-corrected chi connectivity index (χ3v) is 5.46. The molecule has 29 heavy (non-hydrogen) atoms. The van der Waals surface area contributed by atoms with Crippen molar-refractivity contribution in [2.75, 3.05) is 40.6 Å². The molecule has 2 aliphatic heterocycles. The zero-order valence-corrected chi connectivity index (χ0v) is 16.8. The zero-order chi connectivity index (χ0) is 20.2. The maximum Gasteiger partial charge on any atom is 0.251 e. The van der Waals surface area contributed by atoms with Gasteiger partial charge in [0.1, 0.15) is 0 Å². The fourth-order valence-electron chi connectivity index (χ4n) is 3.90. The van der Waals surface area contributed by atoms with Gasteiger partial charge in [-0.3, -0.25) is 9.69 Å². The van der Waals surface area contributed by atoms with Crippen molar-refractivity contribution < 1.29 is 23.7 Å². The molecular formula is C22H26N2O5. The van der Waals surface area contributed by atoms with E-state index in [1.807, 2.05) is 12.1 Å². The number of nitrogens with one attached hydrogen (secondary N) is 1. The second-order valence-corrected chi connectivity index (χ2v) is 7.15. The summed E-state index contributed by atoms with van der Waals surface area (Å²) in [5.41, 5.74) is 1.65. The molecule has 1 unspecified atom stereocenters. The lowest BCUT2D eigenvalue weighted by atomic mass is 10.0. The van der Waals surface area contributed by atoms with Crippen LogP contribution in [0.15, 0.2) is 36.4 Å². The molecule has 7 nitrogen and oxygen atoms in total. The van der Waals surface area contributed by atoms with E-state index in [4.69, 9.17) is 18.9 Å². The number of hydrogen-bond donors (Lipinski definition) is 1. The fourth-order valence-corrected chi connectivity index (χ4v) is 3.90. The van der Waals surface area contributed by atoms with Crippen LogP contribution in [0.4, 0.5) is 0 Å². The first-order chi connectivity index (χ1) is 14.2. The summed E-state index contributed by atoms with van der Waals surface area (Å²) < 4.78 is 21.5. The van der Waals surface area contributed by atoms with Crippen molar-refractivity contribution in [3.05, 3.63) is 47.5 Å². The molecule has 0 aliphatic carbocycles. The highest BCUT2D eigenvalue weighted by atomic mass is 16.7. The highest BCUT2D eigenvalue weighted by Gasteiger charge is 2.26. The minimum atomic E-state index is -0.143. The first-order valence-electron chi connectivity index (χ1n) is 9.83. The SMILES string of the molecule is COc1ccc(C(=O)NCC(c2ccc3c(c2)OCO3)N2CCCC2)cc1OC. The number of rotatable bonds is 7. The van der Waals surface area contributed by atoms with Gasteiger partial charge >= 0.3 is 0 Å². The van der Waals surface area contributed by atoms with Crippen LogP contribution in [0.2, 0.25) is 0 Å². The summed E-state index contributed by atoms with van der Waals surface area (Å²) in [5, 5.41) is 3.08. The molecule has 2 heterocycles. The molecule has 2 aromatic rings. The quantitative estimate of drug-likeness (QED) is 0.773. The minimum Gasteiger partial charge on any atom is -0.493 e. The van der Waals surface area contributed by atoms with E-state index in [1.54, 1.807) is 32.4 Å². The molecule has 0 radical (unpaired) electrons. The van der Waals surface area contributed by atoms with Crippen LogP contribution in [0.3, 0.4) is 0 Å². The number of nitrogens with zero attached hydrogens (tertiary/aromatic N) is 1. The predicted octanol–water partition coefficient (Wildman–Crippen LogP) is 3.00. The summed E-state index contributed by atoms with van der Waals surface area (Å²) >= 11 is 0. The average molecular weight is 398 g/mol. The van der Waals surface area contributed by atoms with Crippen LogP contribution in [-0.2, 0) is 0 Å². The fraction of sp³-hybridized carbons (Fsp3) is 0.409. The lowest BCUT2D eigenvalue weighted by Crippen LogP contribution is -2.36. The van der Waals surface area contributed by atoms with Gasteiger partial charge in [0.15, 0.2) is 23.0 Å². The Bertz CT molecular complexity index is 880. The third kappa shape index (κ3) is 4.10. The van der Waals surface area contributed by atoms with Crippen LogP contribution in [0.1, 0.15) is 34.8 Å². The molecule has 7 heteroatoms. The van der Waals surface area contributed by atoms with Gasteiger partial charge in [0.2, 0.25) is 6.79 Å². The molecule has 1 fully saturated rings. The van der Waals surface area contributed by atoms with Gasteiger partial charge in [0, 0.05) is 12.1 Å². The minimum absolute atomic E-state index is 0.0797. The Morgan fingerprint density at radius 1 is 1.03 bits per heavy atom. The van der Waals surface area contributed by atoms with Gasteiger partial charge in [-0.15, -0.1) is 0 Å². The molecule has 4 rings (SSSR count). The molecule has 0 spiro atoms. The summed E-state index contributed by atoms with van der Waals surface area (Å²) in [7, 11) is 3.13. The van der Waals surface area contributed by atoms with Crippen LogP contribution >= 0.6 is 0 Å². The molecular weight excluding hydrogens is 372 g/mol. The third-order valence-electron chi connectivity index (χ3n) is 5.46. The van der Waals surface area contributed by atoms with Gasteiger partial charge < -0.3 is 24.3 Å². The Balaban J connectivity index is 1.50. The number of benzene rings is 2. The topological polar surface area (TPSA) is 69.3 Å². The molecule has 0 aromatic heterocycles. The summed E-state index contributed by atoms with van der Waals surface area (Å²) in [6, 6.07) is 11.3. The van der Waals surface area contributed by atoms with Crippen molar-refractivity contribution in [2.24, 2.45) is 0 Å². The molecule has 1 saturated heterocycles. The van der Waals surface area contributed by atoms with E-state index < -0.39 is 0 Å². The monoisotopic (exact) mass is 398 g/mol. The van der Waals surface area contributed by atoms with E-state index in [1.165, 1.54) is 12.8 Å². The Kier molecular flexibility index (Phi) is 5.76. The maximum atomic E-state index is 12.8. The summed E-state index contributed by atoms with van der Waals surface area (Å²) in [4.78, 5) is 15.2. The second-order valence-electron chi connectivity index (χ2n) is 7.15. The van der Waals surface area contributed by atoms with E-state index >= 15 is 0 Å². The first-order valence-corrected chi connectivity index (χ1v) is 9.83. The Morgan fingerprint density at radius 3 is 2.55 bits per heavy atom. The van der Waals surface area contributed by atoms with E-state index in [0.29, 0.717) is 23.6 Å². The number of methoxy groups -OCH3 is 2. The number of fused-ring (bicyclic) bond motifs is 1. The van der Waals surface area contributed by atoms with Crippen LogP contribution in [0.25, 0.3) is 0 Å². The highest BCUT2D eigenvalue weighted by molar-refractivity contribution is 5.94. The lowest BCUT2D eigenvalue weighted by molar-refractivity contribution is 0.0937. The number of likely N-dealkylation sites (tertiary alicyclic amines) is 1. The molecule has 0 bridgehead atoms. The van der Waals surface area contributed by atoms with Gasteiger partial charge in [0.25, 0.3) is 5.91 Å². The summed E-state index contributed by atoms with van der Waals surface area (Å²) in [6.07, 6.45) is 2.34. The average Bonchev–Trinajstić information content (AvgIpc) is 3.45. The Hall–Kier alpha value is -2.93. The normalized spacial score (nSPS) is 16.5. The van der Waals surface area contributed by atoms with Gasteiger partial charge in [0.05, 0.1) is 20.3 Å². The van der Waals surface area contributed by atoms with Gasteiger partial charge in [-0.05, 0) is 61.8 Å². The molecule has 0 saturated carbocycles.